The fourth-order valence-electron chi connectivity index (χ4n) is 1.64. The highest BCUT2D eigenvalue weighted by Gasteiger charge is 2.19. The summed E-state index contributed by atoms with van der Waals surface area (Å²) in [6.07, 6.45) is 9.30. The molecule has 0 saturated carbocycles. The average Bonchev–Trinajstić information content (AvgIpc) is 3.14. The van der Waals surface area contributed by atoms with Crippen molar-refractivity contribution in [1.82, 2.24) is 0 Å². The minimum atomic E-state index is 0.530. The third kappa shape index (κ3) is 5.15. The molecule has 1 aliphatic rings. The van der Waals surface area contributed by atoms with Gasteiger partial charge in [-0.15, -0.1) is 6.58 Å². The van der Waals surface area contributed by atoms with Gasteiger partial charge in [-0.1, -0.05) is 49.1 Å². The number of aryl methyl sites for hydroxylation is 2. The van der Waals surface area contributed by atoms with E-state index in [-0.39, 0.29) is 0 Å². The van der Waals surface area contributed by atoms with Gasteiger partial charge in [-0.3, -0.25) is 0 Å². The SMILES string of the molecule is C=C/C=C\c1c(C)cccc1C.C=CC[C@H]1CO1. The van der Waals surface area contributed by atoms with Crippen molar-refractivity contribution in [2.75, 3.05) is 6.61 Å². The van der Waals surface area contributed by atoms with E-state index in [1.165, 1.54) is 16.7 Å². The molecule has 0 radical (unpaired) electrons. The summed E-state index contributed by atoms with van der Waals surface area (Å²) in [5.41, 5.74) is 3.93. The molecule has 0 bridgehead atoms. The van der Waals surface area contributed by atoms with Crippen molar-refractivity contribution in [3.63, 3.8) is 0 Å². The Kier molecular flexibility index (Phi) is 6.16. The molecule has 0 spiro atoms. The topological polar surface area (TPSA) is 12.5 Å². The second-order valence-electron chi connectivity index (χ2n) is 4.38. The van der Waals surface area contributed by atoms with Crippen LogP contribution in [0.15, 0.2) is 49.6 Å². The maximum Gasteiger partial charge on any atom is 0.0844 e. The second kappa shape index (κ2) is 7.67. The van der Waals surface area contributed by atoms with E-state index in [1.807, 2.05) is 12.2 Å². The zero-order valence-corrected chi connectivity index (χ0v) is 11.4. The molecular formula is C17H22O. The van der Waals surface area contributed by atoms with Crippen LogP contribution >= 0.6 is 0 Å². The molecule has 1 fully saturated rings. The van der Waals surface area contributed by atoms with E-state index in [2.05, 4.69) is 51.3 Å². The van der Waals surface area contributed by atoms with Crippen LogP contribution in [0.5, 0.6) is 0 Å². The zero-order chi connectivity index (χ0) is 13.4. The number of ether oxygens (including phenoxy) is 1. The Balaban J connectivity index is 0.000000225. The summed E-state index contributed by atoms with van der Waals surface area (Å²) in [7, 11) is 0. The molecule has 2 rings (SSSR count). The fourth-order valence-corrected chi connectivity index (χ4v) is 1.64. The number of benzene rings is 1. The standard InChI is InChI=1S/C12H14.C5H8O/c1-4-5-9-12-10(2)7-6-8-11(12)3;1-2-3-5-4-6-5/h4-9H,1H2,2-3H3;2,5H,1,3-4H2/b9-5-;/t;5-/m.0/s1. The maximum absolute atomic E-state index is 4.88. The van der Waals surface area contributed by atoms with E-state index in [4.69, 9.17) is 4.74 Å². The van der Waals surface area contributed by atoms with E-state index in [0.717, 1.165) is 13.0 Å². The molecule has 1 nitrogen and oxygen atoms in total. The number of epoxide rings is 1. The smallest absolute Gasteiger partial charge is 0.0844 e. The first-order valence-electron chi connectivity index (χ1n) is 6.26. The molecule has 0 amide bonds. The van der Waals surface area contributed by atoms with Crippen LogP contribution in [0.3, 0.4) is 0 Å². The molecule has 1 heterocycles. The molecule has 0 unspecified atom stereocenters. The molecule has 1 saturated heterocycles. The van der Waals surface area contributed by atoms with E-state index in [0.29, 0.717) is 6.10 Å². The summed E-state index contributed by atoms with van der Waals surface area (Å²) in [6.45, 7) is 12.4. The number of rotatable bonds is 4. The molecular weight excluding hydrogens is 220 g/mol. The van der Waals surface area contributed by atoms with Gasteiger partial charge in [0.05, 0.1) is 12.7 Å². The van der Waals surface area contributed by atoms with Gasteiger partial charge in [0.1, 0.15) is 0 Å². The lowest BCUT2D eigenvalue weighted by Crippen LogP contribution is -1.84. The summed E-state index contributed by atoms with van der Waals surface area (Å²) in [5.74, 6) is 0. The van der Waals surface area contributed by atoms with Crippen LogP contribution in [-0.2, 0) is 4.74 Å². The van der Waals surface area contributed by atoms with Crippen molar-refractivity contribution in [1.29, 1.82) is 0 Å². The lowest BCUT2D eigenvalue weighted by molar-refractivity contribution is 0.410. The van der Waals surface area contributed by atoms with Crippen LogP contribution in [0.2, 0.25) is 0 Å². The lowest BCUT2D eigenvalue weighted by Gasteiger charge is -2.03. The van der Waals surface area contributed by atoms with Crippen molar-refractivity contribution < 1.29 is 4.74 Å². The van der Waals surface area contributed by atoms with Crippen molar-refractivity contribution in [2.45, 2.75) is 26.4 Å². The monoisotopic (exact) mass is 242 g/mol. The molecule has 1 aromatic rings. The summed E-state index contributed by atoms with van der Waals surface area (Å²) >= 11 is 0. The highest BCUT2D eigenvalue weighted by atomic mass is 16.6. The third-order valence-corrected chi connectivity index (χ3v) is 2.77. The first-order chi connectivity index (χ1) is 8.69. The van der Waals surface area contributed by atoms with Crippen LogP contribution in [0.25, 0.3) is 6.08 Å². The van der Waals surface area contributed by atoms with Crippen LogP contribution in [0.1, 0.15) is 23.1 Å². The van der Waals surface area contributed by atoms with Gasteiger partial charge in [0, 0.05) is 0 Å². The molecule has 18 heavy (non-hydrogen) atoms. The molecule has 0 aliphatic carbocycles. The van der Waals surface area contributed by atoms with Crippen LogP contribution < -0.4 is 0 Å². The molecule has 1 atom stereocenters. The Morgan fingerprint density at radius 1 is 1.28 bits per heavy atom. The first kappa shape index (κ1) is 14.5. The Bertz CT molecular complexity index is 405. The Hall–Kier alpha value is -1.60. The van der Waals surface area contributed by atoms with Crippen molar-refractivity contribution >= 4 is 6.08 Å². The molecule has 0 N–H and O–H groups in total. The summed E-state index contributed by atoms with van der Waals surface area (Å²) in [6, 6.07) is 6.32. The van der Waals surface area contributed by atoms with Gasteiger partial charge in [0.2, 0.25) is 0 Å². The van der Waals surface area contributed by atoms with E-state index in [9.17, 15) is 0 Å². The summed E-state index contributed by atoms with van der Waals surface area (Å²) < 4.78 is 4.88. The van der Waals surface area contributed by atoms with E-state index in [1.54, 1.807) is 6.08 Å². The average molecular weight is 242 g/mol. The van der Waals surface area contributed by atoms with Crippen molar-refractivity contribution in [3.8, 4) is 0 Å². The van der Waals surface area contributed by atoms with E-state index < -0.39 is 0 Å². The second-order valence-corrected chi connectivity index (χ2v) is 4.38. The van der Waals surface area contributed by atoms with Crippen LogP contribution in [0, 0.1) is 13.8 Å². The highest BCUT2D eigenvalue weighted by molar-refractivity contribution is 5.58. The van der Waals surface area contributed by atoms with Gasteiger partial charge in [-0.05, 0) is 37.0 Å². The summed E-state index contributed by atoms with van der Waals surface area (Å²) in [5, 5.41) is 0. The molecule has 1 aliphatic heterocycles. The third-order valence-electron chi connectivity index (χ3n) is 2.77. The highest BCUT2D eigenvalue weighted by Crippen LogP contribution is 2.14. The van der Waals surface area contributed by atoms with Crippen molar-refractivity contribution in [3.05, 3.63) is 66.3 Å². The largest absolute Gasteiger partial charge is 0.373 e. The first-order valence-corrected chi connectivity index (χ1v) is 6.26. The Morgan fingerprint density at radius 3 is 2.28 bits per heavy atom. The van der Waals surface area contributed by atoms with Gasteiger partial charge in [-0.25, -0.2) is 0 Å². The minimum absolute atomic E-state index is 0.530. The Labute approximate surface area is 110 Å². The quantitative estimate of drug-likeness (QED) is 0.431. The molecule has 1 heteroatoms. The number of hydrogen-bond donors (Lipinski definition) is 0. The summed E-state index contributed by atoms with van der Waals surface area (Å²) in [4.78, 5) is 0. The predicted octanol–water partition coefficient (Wildman–Crippen LogP) is 4.46. The predicted molar refractivity (Wildman–Crippen MR) is 79.7 cm³/mol. The van der Waals surface area contributed by atoms with E-state index >= 15 is 0 Å². The molecule has 96 valence electrons. The number of allylic oxidation sites excluding steroid dienone is 2. The lowest BCUT2D eigenvalue weighted by atomic mass is 10.0. The van der Waals surface area contributed by atoms with Gasteiger partial charge in [0.15, 0.2) is 0 Å². The van der Waals surface area contributed by atoms with Crippen molar-refractivity contribution in [2.24, 2.45) is 0 Å². The van der Waals surface area contributed by atoms with Crippen LogP contribution in [-0.4, -0.2) is 12.7 Å². The zero-order valence-electron chi connectivity index (χ0n) is 11.4. The normalized spacial score (nSPS) is 16.9. The number of hydrogen-bond acceptors (Lipinski definition) is 1. The van der Waals surface area contributed by atoms with Gasteiger partial charge >= 0.3 is 0 Å². The van der Waals surface area contributed by atoms with Gasteiger partial charge < -0.3 is 4.74 Å². The van der Waals surface area contributed by atoms with Gasteiger partial charge in [-0.2, -0.15) is 0 Å². The maximum atomic E-state index is 4.88. The minimum Gasteiger partial charge on any atom is -0.373 e. The molecule has 0 aromatic heterocycles. The fraction of sp³-hybridized carbons (Fsp3) is 0.294. The Morgan fingerprint density at radius 2 is 1.89 bits per heavy atom. The molecule has 1 aromatic carbocycles. The van der Waals surface area contributed by atoms with Crippen LogP contribution in [0.4, 0.5) is 0 Å². The van der Waals surface area contributed by atoms with Gasteiger partial charge in [0.25, 0.3) is 0 Å².